The predicted molar refractivity (Wildman–Crippen MR) is 69.8 cm³/mol. The van der Waals surface area contributed by atoms with Gasteiger partial charge in [0.25, 0.3) is 0 Å². The first-order valence-electron chi connectivity index (χ1n) is 7.71. The lowest BCUT2D eigenvalue weighted by Crippen LogP contribution is -2.46. The van der Waals surface area contributed by atoms with Crippen LogP contribution in [0.1, 0.15) is 52.4 Å². The Hall–Kier alpha value is -0.570. The van der Waals surface area contributed by atoms with Crippen LogP contribution in [0.4, 0.5) is 0 Å². The van der Waals surface area contributed by atoms with Crippen molar-refractivity contribution in [1.29, 1.82) is 0 Å². The van der Waals surface area contributed by atoms with Gasteiger partial charge in [0.05, 0.1) is 11.7 Å². The summed E-state index contributed by atoms with van der Waals surface area (Å²) in [4.78, 5) is 14.7. The molecule has 100 valence electrons. The number of amides is 1. The molecule has 0 aromatic carbocycles. The van der Waals surface area contributed by atoms with Crippen molar-refractivity contribution >= 4 is 5.91 Å². The summed E-state index contributed by atoms with van der Waals surface area (Å²) in [6.07, 6.45) is 8.01. The second-order valence-electron chi connectivity index (χ2n) is 7.19. The highest BCUT2D eigenvalue weighted by atomic mass is 16.2. The molecule has 5 atom stereocenters. The lowest BCUT2D eigenvalue weighted by Gasteiger charge is -2.36. The molecular weight excluding hydrogens is 224 g/mol. The number of hydrogen-bond acceptors (Lipinski definition) is 2. The van der Waals surface area contributed by atoms with Gasteiger partial charge in [-0.25, -0.2) is 0 Å². The van der Waals surface area contributed by atoms with Gasteiger partial charge in [-0.1, -0.05) is 6.42 Å². The van der Waals surface area contributed by atoms with Crippen molar-refractivity contribution in [2.24, 2.45) is 17.8 Å². The average molecular weight is 248 g/mol. The third-order valence-corrected chi connectivity index (χ3v) is 6.15. The van der Waals surface area contributed by atoms with E-state index in [1.807, 2.05) is 0 Å². The summed E-state index contributed by atoms with van der Waals surface area (Å²) in [6, 6.07) is 0.440. The van der Waals surface area contributed by atoms with Crippen LogP contribution >= 0.6 is 0 Å². The van der Waals surface area contributed by atoms with Crippen molar-refractivity contribution in [1.82, 2.24) is 10.2 Å². The van der Waals surface area contributed by atoms with Crippen molar-refractivity contribution in [3.8, 4) is 0 Å². The molecule has 0 aromatic rings. The third-order valence-electron chi connectivity index (χ3n) is 6.15. The minimum atomic E-state index is -0.134. The number of rotatable bonds is 2. The number of hydrogen-bond donors (Lipinski definition) is 1. The van der Waals surface area contributed by atoms with Crippen LogP contribution in [0.25, 0.3) is 0 Å². The average Bonchev–Trinajstić information content (AvgIpc) is 2.73. The lowest BCUT2D eigenvalue weighted by atomic mass is 9.83. The van der Waals surface area contributed by atoms with Gasteiger partial charge in [-0.2, -0.15) is 0 Å². The lowest BCUT2D eigenvalue weighted by molar-refractivity contribution is -0.134. The molecule has 3 heteroatoms. The van der Waals surface area contributed by atoms with E-state index in [2.05, 4.69) is 24.1 Å². The van der Waals surface area contributed by atoms with Crippen molar-refractivity contribution in [2.75, 3.05) is 0 Å². The first-order valence-corrected chi connectivity index (χ1v) is 7.71. The molecule has 4 fully saturated rings. The van der Waals surface area contributed by atoms with Gasteiger partial charge >= 0.3 is 0 Å². The molecule has 2 bridgehead atoms. The van der Waals surface area contributed by atoms with Crippen LogP contribution < -0.4 is 5.32 Å². The minimum Gasteiger partial charge on any atom is -0.323 e. The summed E-state index contributed by atoms with van der Waals surface area (Å²) in [5.41, 5.74) is -0.134. The van der Waals surface area contributed by atoms with E-state index in [-0.39, 0.29) is 11.7 Å². The van der Waals surface area contributed by atoms with E-state index in [1.165, 1.54) is 25.7 Å². The SMILES string of the molecule is CC1NC2(CC2)C(=O)N1C(C)C1CC2CCC1C2. The van der Waals surface area contributed by atoms with Gasteiger partial charge in [-0.15, -0.1) is 0 Å². The molecule has 5 unspecified atom stereocenters. The van der Waals surface area contributed by atoms with Crippen LogP contribution in [-0.2, 0) is 4.79 Å². The second kappa shape index (κ2) is 3.50. The summed E-state index contributed by atoms with van der Waals surface area (Å²) in [7, 11) is 0. The minimum absolute atomic E-state index is 0.134. The van der Waals surface area contributed by atoms with E-state index >= 15 is 0 Å². The van der Waals surface area contributed by atoms with Gasteiger partial charge in [0.2, 0.25) is 5.91 Å². The molecule has 0 aromatic heterocycles. The Morgan fingerprint density at radius 1 is 1.33 bits per heavy atom. The van der Waals surface area contributed by atoms with Crippen molar-refractivity contribution < 1.29 is 4.79 Å². The zero-order valence-corrected chi connectivity index (χ0v) is 11.5. The zero-order valence-electron chi connectivity index (χ0n) is 11.5. The van der Waals surface area contributed by atoms with Gasteiger partial charge in [-0.05, 0) is 63.7 Å². The fraction of sp³-hybridized carbons (Fsp3) is 0.933. The van der Waals surface area contributed by atoms with E-state index in [1.54, 1.807) is 0 Å². The maximum atomic E-state index is 12.6. The molecule has 4 aliphatic rings. The molecule has 0 radical (unpaired) electrons. The summed E-state index contributed by atoms with van der Waals surface area (Å²) >= 11 is 0. The van der Waals surface area contributed by atoms with E-state index in [0.29, 0.717) is 11.9 Å². The van der Waals surface area contributed by atoms with Gasteiger partial charge in [0, 0.05) is 6.04 Å². The smallest absolute Gasteiger partial charge is 0.244 e. The van der Waals surface area contributed by atoms with Crippen molar-refractivity contribution in [3.05, 3.63) is 0 Å². The zero-order chi connectivity index (χ0) is 12.5. The summed E-state index contributed by atoms with van der Waals surface area (Å²) in [6.45, 7) is 4.46. The molecular formula is C15H24N2O. The fourth-order valence-electron chi connectivity index (χ4n) is 5.07. The van der Waals surface area contributed by atoms with E-state index in [0.717, 1.165) is 30.6 Å². The standard InChI is InChI=1S/C15H24N2O/c1-9(13-8-11-3-4-12(13)7-11)17-10(2)16-15(5-6-15)14(17)18/h9-13,16H,3-8H2,1-2H3. The van der Waals surface area contributed by atoms with Gasteiger partial charge in [0.15, 0.2) is 0 Å². The second-order valence-corrected chi connectivity index (χ2v) is 7.19. The van der Waals surface area contributed by atoms with E-state index < -0.39 is 0 Å². The monoisotopic (exact) mass is 248 g/mol. The largest absolute Gasteiger partial charge is 0.323 e. The Balaban J connectivity index is 1.54. The van der Waals surface area contributed by atoms with Gasteiger partial charge < -0.3 is 4.90 Å². The summed E-state index contributed by atoms with van der Waals surface area (Å²) in [5.74, 6) is 3.04. The Labute approximate surface area is 109 Å². The van der Waals surface area contributed by atoms with Crippen LogP contribution in [0.15, 0.2) is 0 Å². The molecule has 1 amide bonds. The maximum Gasteiger partial charge on any atom is 0.244 e. The Morgan fingerprint density at radius 2 is 2.11 bits per heavy atom. The molecule has 1 spiro atoms. The van der Waals surface area contributed by atoms with Crippen molar-refractivity contribution in [3.63, 3.8) is 0 Å². The highest BCUT2D eigenvalue weighted by Crippen LogP contribution is 2.52. The Morgan fingerprint density at radius 3 is 2.61 bits per heavy atom. The van der Waals surface area contributed by atoms with E-state index in [4.69, 9.17) is 0 Å². The first kappa shape index (κ1) is 11.3. The molecule has 1 aliphatic heterocycles. The molecule has 3 saturated carbocycles. The van der Waals surface area contributed by atoms with Crippen LogP contribution in [0.2, 0.25) is 0 Å². The van der Waals surface area contributed by atoms with E-state index in [9.17, 15) is 4.79 Å². The number of fused-ring (bicyclic) bond motifs is 2. The molecule has 1 heterocycles. The van der Waals surface area contributed by atoms with Gasteiger partial charge in [-0.3, -0.25) is 10.1 Å². The number of carbonyl (C=O) groups is 1. The van der Waals surface area contributed by atoms with Crippen LogP contribution in [-0.4, -0.2) is 28.6 Å². The fourth-order valence-corrected chi connectivity index (χ4v) is 5.07. The maximum absolute atomic E-state index is 12.6. The topological polar surface area (TPSA) is 32.3 Å². The molecule has 4 rings (SSSR count). The normalized spacial score (nSPS) is 46.1. The highest BCUT2D eigenvalue weighted by molar-refractivity contribution is 5.92. The quantitative estimate of drug-likeness (QED) is 0.812. The third kappa shape index (κ3) is 1.37. The highest BCUT2D eigenvalue weighted by Gasteiger charge is 2.60. The Kier molecular flexibility index (Phi) is 2.19. The number of nitrogens with one attached hydrogen (secondary N) is 1. The first-order chi connectivity index (χ1) is 8.61. The predicted octanol–water partition coefficient (Wildman–Crippen LogP) is 2.12. The van der Waals surface area contributed by atoms with Crippen LogP contribution in [0, 0.1) is 17.8 Å². The Bertz CT molecular complexity index is 390. The molecule has 18 heavy (non-hydrogen) atoms. The summed E-state index contributed by atoms with van der Waals surface area (Å²) in [5, 5.41) is 3.53. The van der Waals surface area contributed by atoms with Crippen molar-refractivity contribution in [2.45, 2.75) is 70.1 Å². The number of carbonyl (C=O) groups excluding carboxylic acids is 1. The molecule has 1 saturated heterocycles. The molecule has 3 nitrogen and oxygen atoms in total. The molecule has 3 aliphatic carbocycles. The van der Waals surface area contributed by atoms with Crippen LogP contribution in [0.3, 0.4) is 0 Å². The summed E-state index contributed by atoms with van der Waals surface area (Å²) < 4.78 is 0. The number of nitrogens with zero attached hydrogens (tertiary/aromatic N) is 1. The van der Waals surface area contributed by atoms with Crippen LogP contribution in [0.5, 0.6) is 0 Å². The van der Waals surface area contributed by atoms with Gasteiger partial charge in [0.1, 0.15) is 0 Å². The molecule has 1 N–H and O–H groups in total.